The second-order valence-corrected chi connectivity index (χ2v) is 1.91. The van der Waals surface area contributed by atoms with Gasteiger partial charge >= 0.3 is 0 Å². The Morgan fingerprint density at radius 1 is 1.73 bits per heavy atom. The first-order valence-corrected chi connectivity index (χ1v) is 2.91. The van der Waals surface area contributed by atoms with Crippen LogP contribution in [0, 0.1) is 11.3 Å². The molecule has 0 radical (unpaired) electrons. The highest BCUT2D eigenvalue weighted by atomic mass is 16.5. The molecule has 0 unspecified atom stereocenters. The molecule has 1 aromatic rings. The summed E-state index contributed by atoms with van der Waals surface area (Å²) in [4.78, 5) is 7.54. The molecular weight excluding hydrogens is 143 g/mol. The van der Waals surface area contributed by atoms with Crippen LogP contribution >= 0.6 is 0 Å². The largest absolute Gasteiger partial charge is 0.290 e. The van der Waals surface area contributed by atoms with Gasteiger partial charge in [-0.25, -0.2) is 9.97 Å². The molecule has 0 saturated carbocycles. The standard InChI is InChI=1S/C5H5BN4O/c6-5-3(1-7)8-2-4(9-5)10-11/h2,11H,6H2,(H,9,10). The number of hydrogen-bond acceptors (Lipinski definition) is 5. The zero-order valence-corrected chi connectivity index (χ0v) is 5.87. The van der Waals surface area contributed by atoms with E-state index in [2.05, 4.69) is 9.97 Å². The van der Waals surface area contributed by atoms with Crippen LogP contribution in [0.2, 0.25) is 0 Å². The average molecular weight is 148 g/mol. The van der Waals surface area contributed by atoms with Gasteiger partial charge in [-0.1, -0.05) is 0 Å². The number of rotatable bonds is 1. The summed E-state index contributed by atoms with van der Waals surface area (Å²) >= 11 is 0. The maximum Gasteiger partial charge on any atom is 0.168 e. The number of anilines is 1. The van der Waals surface area contributed by atoms with Gasteiger partial charge in [0.05, 0.1) is 6.20 Å². The van der Waals surface area contributed by atoms with Crippen LogP contribution in [-0.4, -0.2) is 23.0 Å². The van der Waals surface area contributed by atoms with E-state index in [0.29, 0.717) is 5.59 Å². The lowest BCUT2D eigenvalue weighted by atomic mass is 10.0. The zero-order valence-electron chi connectivity index (χ0n) is 5.87. The summed E-state index contributed by atoms with van der Waals surface area (Å²) in [5, 5.41) is 16.8. The fourth-order valence-corrected chi connectivity index (χ4v) is 0.645. The van der Waals surface area contributed by atoms with Crippen molar-refractivity contribution in [1.82, 2.24) is 9.97 Å². The highest BCUT2D eigenvalue weighted by molar-refractivity contribution is 6.31. The van der Waals surface area contributed by atoms with Crippen LogP contribution in [0.5, 0.6) is 0 Å². The number of nitrogens with one attached hydrogen (secondary N) is 1. The van der Waals surface area contributed by atoms with Crippen molar-refractivity contribution in [3.05, 3.63) is 11.9 Å². The Bertz CT molecular complexity index is 308. The molecule has 0 aromatic carbocycles. The average Bonchev–Trinajstić information content (AvgIpc) is 2.04. The highest BCUT2D eigenvalue weighted by Gasteiger charge is 1.99. The number of nitriles is 1. The summed E-state index contributed by atoms with van der Waals surface area (Å²) in [6, 6.07) is 1.86. The molecule has 2 N–H and O–H groups in total. The molecule has 6 heteroatoms. The molecule has 0 amide bonds. The van der Waals surface area contributed by atoms with Crippen LogP contribution in [0.3, 0.4) is 0 Å². The molecule has 0 aliphatic rings. The molecule has 0 aliphatic heterocycles. The van der Waals surface area contributed by atoms with Crippen molar-refractivity contribution in [3.8, 4) is 6.07 Å². The molecule has 0 bridgehead atoms. The van der Waals surface area contributed by atoms with E-state index in [1.807, 2.05) is 11.5 Å². The first-order chi connectivity index (χ1) is 5.27. The SMILES string of the molecule is Bc1nc(NO)cnc1C#N. The van der Waals surface area contributed by atoms with Crippen LogP contribution in [0.4, 0.5) is 5.82 Å². The normalized spacial score (nSPS) is 8.73. The predicted octanol–water partition coefficient (Wildman–Crippen LogP) is -1.59. The van der Waals surface area contributed by atoms with E-state index in [1.54, 1.807) is 7.85 Å². The van der Waals surface area contributed by atoms with Gasteiger partial charge in [0.2, 0.25) is 0 Å². The van der Waals surface area contributed by atoms with Crippen molar-refractivity contribution in [2.24, 2.45) is 0 Å². The summed E-state index contributed by atoms with van der Waals surface area (Å²) in [6.45, 7) is 0. The molecule has 11 heavy (non-hydrogen) atoms. The lowest BCUT2D eigenvalue weighted by Crippen LogP contribution is -2.16. The minimum absolute atomic E-state index is 0.238. The smallest absolute Gasteiger partial charge is 0.168 e. The lowest BCUT2D eigenvalue weighted by molar-refractivity contribution is 0.386. The van der Waals surface area contributed by atoms with E-state index in [1.165, 1.54) is 6.20 Å². The molecule has 0 atom stereocenters. The van der Waals surface area contributed by atoms with Crippen LogP contribution in [0.15, 0.2) is 6.20 Å². The summed E-state index contributed by atoms with van der Waals surface area (Å²) < 4.78 is 0. The minimum Gasteiger partial charge on any atom is -0.290 e. The molecule has 1 heterocycles. The lowest BCUT2D eigenvalue weighted by Gasteiger charge is -1.98. The predicted molar refractivity (Wildman–Crippen MR) is 40.3 cm³/mol. The third kappa shape index (κ3) is 1.45. The van der Waals surface area contributed by atoms with Crippen LogP contribution in [-0.2, 0) is 0 Å². The Hall–Kier alpha value is -1.61. The van der Waals surface area contributed by atoms with E-state index in [4.69, 9.17) is 10.5 Å². The van der Waals surface area contributed by atoms with Gasteiger partial charge in [-0.3, -0.25) is 10.7 Å². The van der Waals surface area contributed by atoms with Crippen molar-refractivity contribution < 1.29 is 5.21 Å². The Morgan fingerprint density at radius 2 is 2.45 bits per heavy atom. The second-order valence-electron chi connectivity index (χ2n) is 1.91. The third-order valence-corrected chi connectivity index (χ3v) is 1.17. The van der Waals surface area contributed by atoms with Gasteiger partial charge in [0.1, 0.15) is 6.07 Å². The van der Waals surface area contributed by atoms with Crippen LogP contribution in [0.25, 0.3) is 0 Å². The highest BCUT2D eigenvalue weighted by Crippen LogP contribution is 1.94. The van der Waals surface area contributed by atoms with Crippen molar-refractivity contribution >= 4 is 19.3 Å². The van der Waals surface area contributed by atoms with Gasteiger partial charge < -0.3 is 0 Å². The minimum atomic E-state index is 0.238. The van der Waals surface area contributed by atoms with Gasteiger partial charge in [-0.05, 0) is 0 Å². The van der Waals surface area contributed by atoms with Crippen molar-refractivity contribution in [2.45, 2.75) is 0 Å². The maximum atomic E-state index is 8.45. The molecule has 0 aliphatic carbocycles. The van der Waals surface area contributed by atoms with E-state index in [9.17, 15) is 0 Å². The third-order valence-electron chi connectivity index (χ3n) is 1.17. The van der Waals surface area contributed by atoms with E-state index < -0.39 is 0 Å². The molecule has 0 spiro atoms. The van der Waals surface area contributed by atoms with E-state index in [-0.39, 0.29) is 11.5 Å². The Morgan fingerprint density at radius 3 is 2.91 bits per heavy atom. The first-order valence-electron chi connectivity index (χ1n) is 2.91. The van der Waals surface area contributed by atoms with Crippen molar-refractivity contribution in [3.63, 3.8) is 0 Å². The molecule has 0 fully saturated rings. The van der Waals surface area contributed by atoms with E-state index in [0.717, 1.165) is 0 Å². The van der Waals surface area contributed by atoms with Crippen molar-refractivity contribution in [2.75, 3.05) is 5.48 Å². The number of aromatic nitrogens is 2. The second kappa shape index (κ2) is 2.99. The summed E-state index contributed by atoms with van der Waals surface area (Å²) in [6.07, 6.45) is 1.28. The van der Waals surface area contributed by atoms with Gasteiger partial charge in [0, 0.05) is 5.59 Å². The summed E-state index contributed by atoms with van der Waals surface area (Å²) in [5.74, 6) is 0.238. The van der Waals surface area contributed by atoms with Crippen LogP contribution < -0.4 is 11.1 Å². The molecule has 54 valence electrons. The Labute approximate surface area is 64.1 Å². The molecule has 1 rings (SSSR count). The van der Waals surface area contributed by atoms with Gasteiger partial charge in [0.15, 0.2) is 19.4 Å². The van der Waals surface area contributed by atoms with Crippen molar-refractivity contribution in [1.29, 1.82) is 5.26 Å². The molecular formula is C5H5BN4O. The molecule has 0 saturated heterocycles. The fourth-order valence-electron chi connectivity index (χ4n) is 0.645. The zero-order chi connectivity index (χ0) is 8.27. The fraction of sp³-hybridized carbons (Fsp3) is 0. The Kier molecular flexibility index (Phi) is 2.04. The molecule has 1 aromatic heterocycles. The summed E-state index contributed by atoms with van der Waals surface area (Å²) in [5.41, 5.74) is 2.60. The topological polar surface area (TPSA) is 81.8 Å². The van der Waals surface area contributed by atoms with Gasteiger partial charge in [-0.2, -0.15) is 5.26 Å². The molecule has 5 nitrogen and oxygen atoms in total. The maximum absolute atomic E-state index is 8.45. The first kappa shape index (κ1) is 7.50. The van der Waals surface area contributed by atoms with Gasteiger partial charge in [-0.15, -0.1) is 0 Å². The van der Waals surface area contributed by atoms with Crippen LogP contribution in [0.1, 0.15) is 5.69 Å². The Balaban J connectivity index is 3.12. The number of nitrogens with zero attached hydrogens (tertiary/aromatic N) is 3. The monoisotopic (exact) mass is 148 g/mol. The van der Waals surface area contributed by atoms with Gasteiger partial charge in [0.25, 0.3) is 0 Å². The quantitative estimate of drug-likeness (QED) is 0.370. The van der Waals surface area contributed by atoms with E-state index >= 15 is 0 Å². The summed E-state index contributed by atoms with van der Waals surface area (Å²) in [7, 11) is 1.65. The number of hydrogen-bond donors (Lipinski definition) is 2.